The van der Waals surface area contributed by atoms with Crippen LogP contribution in [0.5, 0.6) is 0 Å². The van der Waals surface area contributed by atoms with E-state index >= 15 is 0 Å². The van der Waals surface area contributed by atoms with E-state index in [1.165, 1.54) is 0 Å². The number of ether oxygens (including phenoxy) is 1. The molecule has 2 heterocycles. The summed E-state index contributed by atoms with van der Waals surface area (Å²) in [5.41, 5.74) is 0. The second kappa shape index (κ2) is 6.82. The van der Waals surface area contributed by atoms with Gasteiger partial charge in [-0.1, -0.05) is 5.16 Å². The van der Waals surface area contributed by atoms with Crippen LogP contribution in [-0.4, -0.2) is 54.9 Å². The predicted octanol–water partition coefficient (Wildman–Crippen LogP) is 0.442. The van der Waals surface area contributed by atoms with Gasteiger partial charge in [0, 0.05) is 13.0 Å². The summed E-state index contributed by atoms with van der Waals surface area (Å²) in [6.45, 7) is 3.42. The highest BCUT2D eigenvalue weighted by Gasteiger charge is 2.15. The molecule has 1 aliphatic rings. The molecule has 0 aliphatic carbocycles. The van der Waals surface area contributed by atoms with Crippen molar-refractivity contribution in [2.24, 2.45) is 0 Å². The van der Waals surface area contributed by atoms with Crippen LogP contribution in [0, 0.1) is 0 Å². The first-order chi connectivity index (χ1) is 8.74. The van der Waals surface area contributed by atoms with Crippen LogP contribution in [0.1, 0.15) is 24.6 Å². The standard InChI is InChI=1S/C12H22N4O2/c1-16(2)8-5-11-14-12(18-15-11)9-17-10-3-6-13-7-4-10/h10,13H,3-9H2,1-2H3. The molecule has 0 saturated carbocycles. The third-order valence-corrected chi connectivity index (χ3v) is 3.02. The molecule has 6 heteroatoms. The highest BCUT2D eigenvalue weighted by atomic mass is 16.5. The number of aromatic nitrogens is 2. The zero-order valence-electron chi connectivity index (χ0n) is 11.2. The Balaban J connectivity index is 1.72. The fraction of sp³-hybridized carbons (Fsp3) is 0.833. The second-order valence-electron chi connectivity index (χ2n) is 4.92. The molecule has 102 valence electrons. The van der Waals surface area contributed by atoms with Crippen molar-refractivity contribution in [3.05, 3.63) is 11.7 Å². The number of piperidine rings is 1. The highest BCUT2D eigenvalue weighted by Crippen LogP contribution is 2.10. The SMILES string of the molecule is CN(C)CCc1noc(COC2CCNCC2)n1. The minimum atomic E-state index is 0.323. The fourth-order valence-corrected chi connectivity index (χ4v) is 1.93. The van der Waals surface area contributed by atoms with Gasteiger partial charge in [0.15, 0.2) is 5.82 Å². The lowest BCUT2D eigenvalue weighted by atomic mass is 10.1. The quantitative estimate of drug-likeness (QED) is 0.795. The predicted molar refractivity (Wildman–Crippen MR) is 67.2 cm³/mol. The summed E-state index contributed by atoms with van der Waals surface area (Å²) in [4.78, 5) is 6.42. The van der Waals surface area contributed by atoms with Crippen LogP contribution in [0.3, 0.4) is 0 Å². The maximum atomic E-state index is 5.76. The van der Waals surface area contributed by atoms with Gasteiger partial charge in [0.1, 0.15) is 6.61 Å². The highest BCUT2D eigenvalue weighted by molar-refractivity contribution is 4.86. The molecule has 2 rings (SSSR count). The van der Waals surface area contributed by atoms with E-state index < -0.39 is 0 Å². The van der Waals surface area contributed by atoms with Crippen molar-refractivity contribution in [1.29, 1.82) is 0 Å². The summed E-state index contributed by atoms with van der Waals surface area (Å²) in [5, 5.41) is 7.26. The molecule has 0 atom stereocenters. The maximum absolute atomic E-state index is 5.76. The van der Waals surface area contributed by atoms with Crippen molar-refractivity contribution in [1.82, 2.24) is 20.4 Å². The van der Waals surface area contributed by atoms with E-state index in [-0.39, 0.29) is 0 Å². The van der Waals surface area contributed by atoms with Gasteiger partial charge in [0.05, 0.1) is 6.10 Å². The second-order valence-corrected chi connectivity index (χ2v) is 4.92. The molecule has 0 radical (unpaired) electrons. The first-order valence-electron chi connectivity index (χ1n) is 6.52. The third-order valence-electron chi connectivity index (χ3n) is 3.02. The van der Waals surface area contributed by atoms with E-state index in [1.54, 1.807) is 0 Å². The van der Waals surface area contributed by atoms with Gasteiger partial charge in [-0.15, -0.1) is 0 Å². The molecule has 0 amide bonds. The Bertz CT molecular complexity index is 348. The Hall–Kier alpha value is -0.980. The molecule has 0 aromatic carbocycles. The summed E-state index contributed by atoms with van der Waals surface area (Å²) in [5.74, 6) is 1.34. The third kappa shape index (κ3) is 4.36. The van der Waals surface area contributed by atoms with Crippen molar-refractivity contribution < 1.29 is 9.26 Å². The Morgan fingerprint density at radius 3 is 2.89 bits per heavy atom. The first-order valence-corrected chi connectivity index (χ1v) is 6.52. The molecular weight excluding hydrogens is 232 g/mol. The molecule has 6 nitrogen and oxygen atoms in total. The van der Waals surface area contributed by atoms with E-state index in [1.807, 2.05) is 14.1 Å². The van der Waals surface area contributed by atoms with Crippen LogP contribution < -0.4 is 5.32 Å². The van der Waals surface area contributed by atoms with Gasteiger partial charge in [-0.25, -0.2) is 0 Å². The minimum Gasteiger partial charge on any atom is -0.368 e. The average Bonchev–Trinajstić information content (AvgIpc) is 2.83. The largest absolute Gasteiger partial charge is 0.368 e. The summed E-state index contributed by atoms with van der Waals surface area (Å²) in [7, 11) is 4.06. The van der Waals surface area contributed by atoms with Gasteiger partial charge >= 0.3 is 0 Å². The van der Waals surface area contributed by atoms with E-state index in [9.17, 15) is 0 Å². The molecule has 0 unspecified atom stereocenters. The lowest BCUT2D eigenvalue weighted by Gasteiger charge is -2.21. The van der Waals surface area contributed by atoms with Crippen molar-refractivity contribution in [3.8, 4) is 0 Å². The van der Waals surface area contributed by atoms with E-state index in [4.69, 9.17) is 9.26 Å². The lowest BCUT2D eigenvalue weighted by molar-refractivity contribution is 0.00859. The molecule has 1 aromatic rings. The summed E-state index contributed by atoms with van der Waals surface area (Å²) in [6.07, 6.45) is 3.25. The van der Waals surface area contributed by atoms with Gasteiger partial charge in [-0.2, -0.15) is 4.98 Å². The van der Waals surface area contributed by atoms with Crippen LogP contribution in [0.4, 0.5) is 0 Å². The van der Waals surface area contributed by atoms with E-state index in [0.717, 1.165) is 44.7 Å². The van der Waals surface area contributed by atoms with Crippen LogP contribution in [0.25, 0.3) is 0 Å². The summed E-state index contributed by atoms with van der Waals surface area (Å²) < 4.78 is 10.9. The lowest BCUT2D eigenvalue weighted by Crippen LogP contribution is -2.32. The molecule has 0 bridgehead atoms. The van der Waals surface area contributed by atoms with E-state index in [2.05, 4.69) is 20.4 Å². The fourth-order valence-electron chi connectivity index (χ4n) is 1.93. The molecule has 1 N–H and O–H groups in total. The van der Waals surface area contributed by atoms with Gasteiger partial charge in [-0.3, -0.25) is 0 Å². The minimum absolute atomic E-state index is 0.323. The number of hydrogen-bond donors (Lipinski definition) is 1. The monoisotopic (exact) mass is 254 g/mol. The molecular formula is C12H22N4O2. The number of likely N-dealkylation sites (N-methyl/N-ethyl adjacent to an activating group) is 1. The number of hydrogen-bond acceptors (Lipinski definition) is 6. The summed E-state index contributed by atoms with van der Waals surface area (Å²) in [6, 6.07) is 0. The van der Waals surface area contributed by atoms with Gasteiger partial charge < -0.3 is 19.5 Å². The van der Waals surface area contributed by atoms with Crippen molar-refractivity contribution >= 4 is 0 Å². The van der Waals surface area contributed by atoms with Gasteiger partial charge in [-0.05, 0) is 40.0 Å². The van der Waals surface area contributed by atoms with Crippen molar-refractivity contribution in [2.45, 2.75) is 32.0 Å². The zero-order chi connectivity index (χ0) is 12.8. The Kier molecular flexibility index (Phi) is 5.10. The summed E-state index contributed by atoms with van der Waals surface area (Å²) >= 11 is 0. The van der Waals surface area contributed by atoms with Gasteiger partial charge in [0.2, 0.25) is 0 Å². The maximum Gasteiger partial charge on any atom is 0.252 e. The molecule has 0 spiro atoms. The van der Waals surface area contributed by atoms with Crippen LogP contribution in [-0.2, 0) is 17.8 Å². The number of nitrogens with zero attached hydrogens (tertiary/aromatic N) is 3. The number of nitrogens with one attached hydrogen (secondary N) is 1. The topological polar surface area (TPSA) is 63.4 Å². The smallest absolute Gasteiger partial charge is 0.252 e. The molecule has 1 fully saturated rings. The molecule has 1 aliphatic heterocycles. The van der Waals surface area contributed by atoms with Gasteiger partial charge in [0.25, 0.3) is 5.89 Å². The zero-order valence-corrected chi connectivity index (χ0v) is 11.2. The Morgan fingerprint density at radius 2 is 2.17 bits per heavy atom. The van der Waals surface area contributed by atoms with Crippen LogP contribution in [0.15, 0.2) is 4.52 Å². The van der Waals surface area contributed by atoms with Crippen LogP contribution in [0.2, 0.25) is 0 Å². The normalized spacial score (nSPS) is 17.5. The van der Waals surface area contributed by atoms with E-state index in [0.29, 0.717) is 18.6 Å². The Morgan fingerprint density at radius 1 is 1.39 bits per heavy atom. The molecule has 1 saturated heterocycles. The van der Waals surface area contributed by atoms with Crippen molar-refractivity contribution in [3.63, 3.8) is 0 Å². The molecule has 18 heavy (non-hydrogen) atoms. The van der Waals surface area contributed by atoms with Crippen molar-refractivity contribution in [2.75, 3.05) is 33.7 Å². The average molecular weight is 254 g/mol. The number of rotatable bonds is 6. The first kappa shape index (κ1) is 13.5. The Labute approximate surface area is 108 Å². The molecule has 1 aromatic heterocycles. The van der Waals surface area contributed by atoms with Crippen LogP contribution >= 0.6 is 0 Å².